The van der Waals surface area contributed by atoms with Crippen LogP contribution in [-0.4, -0.2) is 23.7 Å². The molecule has 0 fully saturated rings. The van der Waals surface area contributed by atoms with E-state index in [9.17, 15) is 14.0 Å². The standard InChI is InChI=1S/C26H23FN6O2/c27-22-13-7-5-11-20(22)15-17-24(35)31-26(29)33-32-25(28)30-23(34)16-14-19-10-4-6-12-21(19)18-8-2-1-3-9-18/h1-17H,(H3,28,30,32,34)(H3,29,31,33,35). The van der Waals surface area contributed by atoms with Crippen LogP contribution in [0.3, 0.4) is 0 Å². The van der Waals surface area contributed by atoms with Gasteiger partial charge in [-0.15, -0.1) is 10.2 Å². The summed E-state index contributed by atoms with van der Waals surface area (Å²) in [4.78, 5) is 24.1. The molecule has 0 saturated carbocycles. The van der Waals surface area contributed by atoms with Crippen LogP contribution in [0.4, 0.5) is 4.39 Å². The highest BCUT2D eigenvalue weighted by molar-refractivity contribution is 6.05. The summed E-state index contributed by atoms with van der Waals surface area (Å²) in [6, 6.07) is 23.4. The predicted molar refractivity (Wildman–Crippen MR) is 136 cm³/mol. The molecular weight excluding hydrogens is 447 g/mol. The number of halogens is 1. The van der Waals surface area contributed by atoms with Gasteiger partial charge in [-0.3, -0.25) is 20.2 Å². The van der Waals surface area contributed by atoms with Crippen LogP contribution >= 0.6 is 0 Å². The van der Waals surface area contributed by atoms with Gasteiger partial charge in [-0.1, -0.05) is 72.8 Å². The van der Waals surface area contributed by atoms with Gasteiger partial charge in [-0.25, -0.2) is 4.39 Å². The molecule has 8 nitrogen and oxygen atoms in total. The monoisotopic (exact) mass is 470 g/mol. The van der Waals surface area contributed by atoms with E-state index >= 15 is 0 Å². The number of amides is 2. The molecular formula is C26H23FN6O2. The van der Waals surface area contributed by atoms with E-state index in [4.69, 9.17) is 11.5 Å². The van der Waals surface area contributed by atoms with E-state index in [0.29, 0.717) is 0 Å². The first-order valence-corrected chi connectivity index (χ1v) is 10.5. The number of nitrogens with two attached hydrogens (primary N) is 2. The maximum atomic E-state index is 13.6. The van der Waals surface area contributed by atoms with E-state index in [-0.39, 0.29) is 17.5 Å². The fourth-order valence-electron chi connectivity index (χ4n) is 2.96. The smallest absolute Gasteiger partial charge is 0.250 e. The topological polar surface area (TPSA) is 135 Å². The molecule has 0 aliphatic carbocycles. The minimum absolute atomic E-state index is 0.239. The third-order valence-corrected chi connectivity index (χ3v) is 4.55. The number of hydrogen-bond acceptors (Lipinski definition) is 4. The van der Waals surface area contributed by atoms with Gasteiger partial charge in [0.25, 0.3) is 11.8 Å². The Morgan fingerprint density at radius 2 is 1.17 bits per heavy atom. The van der Waals surface area contributed by atoms with Crippen LogP contribution < -0.4 is 22.1 Å². The summed E-state index contributed by atoms with van der Waals surface area (Å²) in [5, 5.41) is 11.7. The zero-order valence-electron chi connectivity index (χ0n) is 18.6. The van der Waals surface area contributed by atoms with Gasteiger partial charge in [-0.2, -0.15) is 0 Å². The Labute approximate surface area is 201 Å². The Bertz CT molecular complexity index is 1320. The Hall–Kier alpha value is -5.05. The molecule has 176 valence electrons. The first-order chi connectivity index (χ1) is 16.9. The zero-order valence-corrected chi connectivity index (χ0v) is 18.6. The summed E-state index contributed by atoms with van der Waals surface area (Å²) < 4.78 is 13.6. The van der Waals surface area contributed by atoms with Gasteiger partial charge in [0.2, 0.25) is 11.9 Å². The molecule has 0 spiro atoms. The first-order valence-electron chi connectivity index (χ1n) is 10.5. The van der Waals surface area contributed by atoms with Crippen molar-refractivity contribution >= 4 is 35.9 Å². The van der Waals surface area contributed by atoms with Crippen molar-refractivity contribution in [3.63, 3.8) is 0 Å². The number of carbonyl (C=O) groups excluding carboxylic acids is 2. The van der Waals surface area contributed by atoms with Gasteiger partial charge >= 0.3 is 0 Å². The lowest BCUT2D eigenvalue weighted by molar-refractivity contribution is -0.116. The van der Waals surface area contributed by atoms with Gasteiger partial charge in [-0.05, 0) is 34.9 Å². The number of nitrogens with one attached hydrogen (secondary N) is 2. The number of guanidine groups is 2. The minimum atomic E-state index is -0.646. The lowest BCUT2D eigenvalue weighted by Gasteiger charge is -2.06. The number of carbonyl (C=O) groups is 2. The van der Waals surface area contributed by atoms with Gasteiger partial charge < -0.3 is 11.5 Å². The number of benzene rings is 3. The SMILES string of the molecule is NC(=NN=C(N)NC(=O)C=Cc1ccccc1-c1ccccc1)NC(=O)C=Cc1ccccc1F. The van der Waals surface area contributed by atoms with E-state index in [1.54, 1.807) is 12.1 Å². The summed E-state index contributed by atoms with van der Waals surface area (Å²) in [6.07, 6.45) is 5.35. The van der Waals surface area contributed by atoms with Crippen LogP contribution in [0.5, 0.6) is 0 Å². The van der Waals surface area contributed by atoms with Crippen molar-refractivity contribution in [3.05, 3.63) is 108 Å². The number of hydrogen-bond donors (Lipinski definition) is 4. The largest absolute Gasteiger partial charge is 0.368 e. The van der Waals surface area contributed by atoms with Gasteiger partial charge in [0.1, 0.15) is 5.82 Å². The lowest BCUT2D eigenvalue weighted by Crippen LogP contribution is -2.37. The van der Waals surface area contributed by atoms with Crippen molar-refractivity contribution in [2.75, 3.05) is 0 Å². The van der Waals surface area contributed by atoms with Gasteiger partial charge in [0, 0.05) is 17.7 Å². The highest BCUT2D eigenvalue weighted by Crippen LogP contribution is 2.24. The van der Waals surface area contributed by atoms with Crippen LogP contribution in [0.1, 0.15) is 11.1 Å². The van der Waals surface area contributed by atoms with Crippen LogP contribution in [0.15, 0.2) is 101 Å². The second kappa shape index (κ2) is 12.3. The van der Waals surface area contributed by atoms with Crippen LogP contribution in [-0.2, 0) is 9.59 Å². The van der Waals surface area contributed by atoms with E-state index in [0.717, 1.165) is 22.8 Å². The Morgan fingerprint density at radius 1 is 0.686 bits per heavy atom. The van der Waals surface area contributed by atoms with Crippen molar-refractivity contribution in [2.24, 2.45) is 21.7 Å². The molecule has 9 heteroatoms. The van der Waals surface area contributed by atoms with Crippen molar-refractivity contribution in [3.8, 4) is 11.1 Å². The molecule has 0 bridgehead atoms. The molecule has 35 heavy (non-hydrogen) atoms. The Morgan fingerprint density at radius 3 is 1.77 bits per heavy atom. The van der Waals surface area contributed by atoms with Crippen LogP contribution in [0.25, 0.3) is 23.3 Å². The summed E-state index contributed by atoms with van der Waals surface area (Å²) in [7, 11) is 0. The Kier molecular flexibility index (Phi) is 8.61. The highest BCUT2D eigenvalue weighted by atomic mass is 19.1. The molecule has 0 heterocycles. The fourth-order valence-corrected chi connectivity index (χ4v) is 2.96. The average molecular weight is 471 g/mol. The van der Waals surface area contributed by atoms with Gasteiger partial charge in [0.05, 0.1) is 0 Å². The zero-order chi connectivity index (χ0) is 25.0. The summed E-state index contributed by atoms with van der Waals surface area (Å²) >= 11 is 0. The molecule has 0 aliphatic rings. The molecule has 2 amide bonds. The molecule has 0 aliphatic heterocycles. The van der Waals surface area contributed by atoms with Crippen molar-refractivity contribution in [1.82, 2.24) is 10.6 Å². The molecule has 3 aromatic rings. The molecule has 0 aromatic heterocycles. The summed E-state index contributed by atoms with van der Waals surface area (Å²) in [6.45, 7) is 0. The average Bonchev–Trinajstić information content (AvgIpc) is 2.86. The fraction of sp³-hybridized carbons (Fsp3) is 0. The second-order valence-corrected chi connectivity index (χ2v) is 7.09. The number of nitrogens with zero attached hydrogens (tertiary/aromatic N) is 2. The highest BCUT2D eigenvalue weighted by Gasteiger charge is 2.04. The van der Waals surface area contributed by atoms with E-state index in [2.05, 4.69) is 20.8 Å². The van der Waals surface area contributed by atoms with Crippen molar-refractivity contribution in [1.29, 1.82) is 0 Å². The molecule has 3 aromatic carbocycles. The third kappa shape index (κ3) is 7.79. The maximum Gasteiger partial charge on any atom is 0.250 e. The minimum Gasteiger partial charge on any atom is -0.368 e. The van der Waals surface area contributed by atoms with E-state index < -0.39 is 17.6 Å². The molecule has 0 radical (unpaired) electrons. The maximum absolute atomic E-state index is 13.6. The van der Waals surface area contributed by atoms with Crippen LogP contribution in [0, 0.1) is 5.82 Å². The van der Waals surface area contributed by atoms with E-state index in [1.807, 2.05) is 54.6 Å². The third-order valence-electron chi connectivity index (χ3n) is 4.55. The molecule has 0 unspecified atom stereocenters. The van der Waals surface area contributed by atoms with Crippen LogP contribution in [0.2, 0.25) is 0 Å². The normalized spacial score (nSPS) is 12.1. The molecule has 0 atom stereocenters. The quantitative estimate of drug-likeness (QED) is 0.191. The number of rotatable bonds is 6. The Balaban J connectivity index is 1.56. The predicted octanol–water partition coefficient (Wildman–Crippen LogP) is 3.00. The molecule has 3 rings (SSSR count). The lowest BCUT2D eigenvalue weighted by atomic mass is 9.99. The second-order valence-electron chi connectivity index (χ2n) is 7.09. The summed E-state index contributed by atoms with van der Waals surface area (Å²) in [5.41, 5.74) is 14.3. The van der Waals surface area contributed by atoms with Crippen molar-refractivity contribution in [2.45, 2.75) is 0 Å². The molecule has 6 N–H and O–H groups in total. The van der Waals surface area contributed by atoms with Gasteiger partial charge in [0.15, 0.2) is 0 Å². The summed E-state index contributed by atoms with van der Waals surface area (Å²) in [5.74, 6) is -2.33. The molecule has 0 saturated heterocycles. The first kappa shape index (κ1) is 24.6. The van der Waals surface area contributed by atoms with E-state index in [1.165, 1.54) is 30.4 Å². The van der Waals surface area contributed by atoms with Crippen molar-refractivity contribution < 1.29 is 14.0 Å².